The number of aromatic nitrogens is 5. The molecule has 0 atom stereocenters. The highest BCUT2D eigenvalue weighted by Crippen LogP contribution is 2.36. The number of hydrogen-bond donors (Lipinski definition) is 0. The summed E-state index contributed by atoms with van der Waals surface area (Å²) in [6, 6.07) is 39.0. The Morgan fingerprint density at radius 1 is 0.628 bits per heavy atom. The lowest BCUT2D eigenvalue weighted by atomic mass is 10.0. The van der Waals surface area contributed by atoms with Gasteiger partial charge in [-0.05, 0) is 62.4 Å². The molecule has 43 heavy (non-hydrogen) atoms. The van der Waals surface area contributed by atoms with Crippen molar-refractivity contribution in [3.05, 3.63) is 139 Å². The molecule has 8 rings (SSSR count). The van der Waals surface area contributed by atoms with Crippen molar-refractivity contribution in [3.8, 4) is 34.1 Å². The minimum absolute atomic E-state index is 0.735. The Labute approximate surface area is 248 Å². The van der Waals surface area contributed by atoms with Gasteiger partial charge in [0.1, 0.15) is 17.3 Å². The fourth-order valence-corrected chi connectivity index (χ4v) is 6.15. The molecule has 0 radical (unpaired) electrons. The largest absolute Gasteiger partial charge is 0.457 e. The third kappa shape index (κ3) is 4.15. The average Bonchev–Trinajstić information content (AvgIpc) is 3.54. The van der Waals surface area contributed by atoms with Gasteiger partial charge >= 0.3 is 0 Å². The summed E-state index contributed by atoms with van der Waals surface area (Å²) in [5, 5.41) is 8.39. The first-order chi connectivity index (χ1) is 21.2. The zero-order chi connectivity index (χ0) is 28.9. The molecule has 4 aromatic heterocycles. The van der Waals surface area contributed by atoms with Gasteiger partial charge in [-0.2, -0.15) is 5.10 Å². The second-order valence-electron chi connectivity index (χ2n) is 10.7. The number of pyridine rings is 2. The number of ether oxygens (including phenoxy) is 1. The second kappa shape index (κ2) is 9.96. The van der Waals surface area contributed by atoms with Crippen LogP contribution in [-0.2, 0) is 0 Å². The molecular formula is C37H27N5O. The van der Waals surface area contributed by atoms with E-state index in [0.717, 1.165) is 72.8 Å². The van der Waals surface area contributed by atoms with Crippen LogP contribution in [0.15, 0.2) is 128 Å². The molecule has 0 fully saturated rings. The van der Waals surface area contributed by atoms with Gasteiger partial charge in [0.25, 0.3) is 0 Å². The molecule has 0 bridgehead atoms. The van der Waals surface area contributed by atoms with E-state index in [9.17, 15) is 0 Å². The highest BCUT2D eigenvalue weighted by atomic mass is 16.5. The van der Waals surface area contributed by atoms with E-state index in [1.165, 1.54) is 5.39 Å². The van der Waals surface area contributed by atoms with Gasteiger partial charge in [0.2, 0.25) is 0 Å². The van der Waals surface area contributed by atoms with Gasteiger partial charge in [0, 0.05) is 57.5 Å². The summed E-state index contributed by atoms with van der Waals surface area (Å²) in [5.41, 5.74) is 8.25. The Balaban J connectivity index is 1.19. The van der Waals surface area contributed by atoms with Crippen LogP contribution >= 0.6 is 0 Å². The van der Waals surface area contributed by atoms with E-state index in [0.29, 0.717) is 0 Å². The molecule has 0 spiro atoms. The van der Waals surface area contributed by atoms with E-state index >= 15 is 0 Å². The van der Waals surface area contributed by atoms with Crippen molar-refractivity contribution in [3.63, 3.8) is 0 Å². The molecule has 0 aliphatic rings. The van der Waals surface area contributed by atoms with E-state index in [-0.39, 0.29) is 0 Å². The van der Waals surface area contributed by atoms with Crippen LogP contribution in [0, 0.1) is 13.8 Å². The van der Waals surface area contributed by atoms with Crippen molar-refractivity contribution < 1.29 is 4.74 Å². The Morgan fingerprint density at radius 3 is 2.33 bits per heavy atom. The van der Waals surface area contributed by atoms with Crippen LogP contribution in [0.25, 0.3) is 55.3 Å². The maximum Gasteiger partial charge on any atom is 0.137 e. The van der Waals surface area contributed by atoms with Crippen molar-refractivity contribution in [2.75, 3.05) is 0 Å². The number of fused-ring (bicyclic) bond motifs is 4. The number of para-hydroxylation sites is 2. The first-order valence-corrected chi connectivity index (χ1v) is 14.3. The lowest BCUT2D eigenvalue weighted by Crippen LogP contribution is -1.99. The molecule has 0 saturated carbocycles. The summed E-state index contributed by atoms with van der Waals surface area (Å²) in [5.74, 6) is 2.35. The highest BCUT2D eigenvalue weighted by molar-refractivity contribution is 6.09. The fraction of sp³-hybridized carbons (Fsp3) is 0.0541. The Morgan fingerprint density at radius 2 is 1.42 bits per heavy atom. The predicted molar refractivity (Wildman–Crippen MR) is 172 cm³/mol. The van der Waals surface area contributed by atoms with Crippen LogP contribution < -0.4 is 4.74 Å². The third-order valence-electron chi connectivity index (χ3n) is 8.01. The molecule has 0 aliphatic carbocycles. The third-order valence-corrected chi connectivity index (χ3v) is 8.01. The number of rotatable bonds is 5. The first kappa shape index (κ1) is 25.0. The zero-order valence-corrected chi connectivity index (χ0v) is 23.8. The molecule has 4 aromatic carbocycles. The van der Waals surface area contributed by atoms with Gasteiger partial charge in [-0.15, -0.1) is 0 Å². The molecule has 0 unspecified atom stereocenters. The molecule has 0 aliphatic heterocycles. The van der Waals surface area contributed by atoms with Crippen LogP contribution in [0.2, 0.25) is 0 Å². The van der Waals surface area contributed by atoms with Crippen molar-refractivity contribution in [1.82, 2.24) is 24.3 Å². The minimum atomic E-state index is 0.735. The van der Waals surface area contributed by atoms with Crippen LogP contribution in [0.3, 0.4) is 0 Å². The number of aryl methyl sites for hydroxylation is 1. The van der Waals surface area contributed by atoms with Gasteiger partial charge < -0.3 is 4.74 Å². The predicted octanol–water partition coefficient (Wildman–Crippen LogP) is 8.99. The lowest BCUT2D eigenvalue weighted by molar-refractivity contribution is 0.483. The van der Waals surface area contributed by atoms with Gasteiger partial charge in [-0.3, -0.25) is 9.55 Å². The van der Waals surface area contributed by atoms with Crippen molar-refractivity contribution >= 4 is 32.7 Å². The smallest absolute Gasteiger partial charge is 0.137 e. The molecule has 4 heterocycles. The van der Waals surface area contributed by atoms with Crippen LogP contribution in [0.4, 0.5) is 0 Å². The normalized spacial score (nSPS) is 11.5. The Kier molecular flexibility index (Phi) is 5.79. The first-order valence-electron chi connectivity index (χ1n) is 14.3. The summed E-state index contributed by atoms with van der Waals surface area (Å²) in [7, 11) is 0. The molecule has 206 valence electrons. The SMILES string of the molecule is Cc1nn(-c2cccc(Oc3ccc4c5ccccc5n(-c5ccccn5)c4c3)c2)c(C)c1-c1cccc2cccnc12. The number of hydrogen-bond acceptors (Lipinski definition) is 4. The monoisotopic (exact) mass is 557 g/mol. The molecule has 0 N–H and O–H groups in total. The van der Waals surface area contributed by atoms with Crippen molar-refractivity contribution in [2.24, 2.45) is 0 Å². The fourth-order valence-electron chi connectivity index (χ4n) is 6.15. The zero-order valence-electron chi connectivity index (χ0n) is 23.8. The maximum absolute atomic E-state index is 6.47. The Bertz CT molecular complexity index is 2290. The standard InChI is InChI=1S/C37H27N5O/c1-24-36(32-15-7-10-26-11-9-21-39-37(26)32)25(2)42(40-24)27-12-8-13-28(22-27)43-29-18-19-31-30-14-3-4-16-33(30)41(34(31)23-29)35-17-5-6-20-38-35/h3-23H,1-2H3. The second-order valence-corrected chi connectivity index (χ2v) is 10.7. The van der Waals surface area contributed by atoms with Crippen LogP contribution in [-0.4, -0.2) is 24.3 Å². The van der Waals surface area contributed by atoms with Gasteiger partial charge in [0.15, 0.2) is 0 Å². The molecule has 0 amide bonds. The summed E-state index contributed by atoms with van der Waals surface area (Å²) in [6.07, 6.45) is 3.66. The number of benzene rings is 4. The summed E-state index contributed by atoms with van der Waals surface area (Å²) in [6.45, 7) is 4.16. The summed E-state index contributed by atoms with van der Waals surface area (Å²) in [4.78, 5) is 9.33. The quantitative estimate of drug-likeness (QED) is 0.212. The van der Waals surface area contributed by atoms with Crippen molar-refractivity contribution in [2.45, 2.75) is 13.8 Å². The van der Waals surface area contributed by atoms with Crippen molar-refractivity contribution in [1.29, 1.82) is 0 Å². The molecular weight excluding hydrogens is 530 g/mol. The molecule has 8 aromatic rings. The topological polar surface area (TPSA) is 57.8 Å². The average molecular weight is 558 g/mol. The minimum Gasteiger partial charge on any atom is -0.457 e. The molecule has 6 heteroatoms. The highest BCUT2D eigenvalue weighted by Gasteiger charge is 2.18. The van der Waals surface area contributed by atoms with E-state index in [1.807, 2.05) is 65.6 Å². The Hall–Kier alpha value is -5.75. The molecule has 6 nitrogen and oxygen atoms in total. The maximum atomic E-state index is 6.47. The van der Waals surface area contributed by atoms with E-state index in [2.05, 4.69) is 95.1 Å². The van der Waals surface area contributed by atoms with Crippen LogP contribution in [0.1, 0.15) is 11.4 Å². The van der Waals surface area contributed by atoms with Gasteiger partial charge in [0.05, 0.1) is 27.9 Å². The van der Waals surface area contributed by atoms with Crippen LogP contribution in [0.5, 0.6) is 11.5 Å². The van der Waals surface area contributed by atoms with E-state index in [1.54, 1.807) is 0 Å². The van der Waals surface area contributed by atoms with Gasteiger partial charge in [-0.25, -0.2) is 9.67 Å². The van der Waals surface area contributed by atoms with E-state index < -0.39 is 0 Å². The van der Waals surface area contributed by atoms with E-state index in [4.69, 9.17) is 9.84 Å². The number of nitrogens with zero attached hydrogens (tertiary/aromatic N) is 5. The van der Waals surface area contributed by atoms with Gasteiger partial charge in [-0.1, -0.05) is 54.6 Å². The lowest BCUT2D eigenvalue weighted by Gasteiger charge is -2.11. The molecule has 0 saturated heterocycles. The summed E-state index contributed by atoms with van der Waals surface area (Å²) >= 11 is 0. The summed E-state index contributed by atoms with van der Waals surface area (Å²) < 4.78 is 10.6.